The molecule has 19 heavy (non-hydrogen) atoms. The standard InChI is InChI=1S/C13H19N5.ClH/c1-9-6-18(8-11(9)14)7-10-3-4-13-12(5-10)15-16-17(13)2;/h3-5,9,11H,6-8,14H2,1-2H3;1H. The van der Waals surface area contributed by atoms with Crippen molar-refractivity contribution in [3.05, 3.63) is 23.8 Å². The molecule has 1 aromatic heterocycles. The lowest BCUT2D eigenvalue weighted by Crippen LogP contribution is -2.28. The van der Waals surface area contributed by atoms with Gasteiger partial charge in [0, 0.05) is 32.7 Å². The number of aromatic nitrogens is 3. The number of aryl methyl sites for hydroxylation is 1. The minimum atomic E-state index is 0. The summed E-state index contributed by atoms with van der Waals surface area (Å²) in [7, 11) is 1.91. The summed E-state index contributed by atoms with van der Waals surface area (Å²) >= 11 is 0. The number of fused-ring (bicyclic) bond motifs is 1. The summed E-state index contributed by atoms with van der Waals surface area (Å²) in [5.74, 6) is 0.588. The van der Waals surface area contributed by atoms with Crippen molar-refractivity contribution in [2.75, 3.05) is 13.1 Å². The first-order chi connectivity index (χ1) is 8.63. The highest BCUT2D eigenvalue weighted by Crippen LogP contribution is 2.19. The van der Waals surface area contributed by atoms with Gasteiger partial charge in [-0.3, -0.25) is 4.90 Å². The van der Waals surface area contributed by atoms with E-state index in [4.69, 9.17) is 5.73 Å². The largest absolute Gasteiger partial charge is 0.326 e. The van der Waals surface area contributed by atoms with Crippen LogP contribution < -0.4 is 5.73 Å². The fourth-order valence-electron chi connectivity index (χ4n) is 2.67. The van der Waals surface area contributed by atoms with Gasteiger partial charge in [-0.2, -0.15) is 0 Å². The number of nitrogens with two attached hydrogens (primary N) is 1. The molecule has 0 radical (unpaired) electrons. The summed E-state index contributed by atoms with van der Waals surface area (Å²) in [5, 5.41) is 8.18. The first kappa shape index (κ1) is 14.2. The molecule has 1 aliphatic heterocycles. The van der Waals surface area contributed by atoms with Crippen LogP contribution in [0.2, 0.25) is 0 Å². The van der Waals surface area contributed by atoms with E-state index in [9.17, 15) is 0 Å². The number of likely N-dealkylation sites (tertiary alicyclic amines) is 1. The highest BCUT2D eigenvalue weighted by Gasteiger charge is 2.26. The Bertz CT molecular complexity index is 557. The van der Waals surface area contributed by atoms with Gasteiger partial charge in [0.05, 0.1) is 5.52 Å². The summed E-state index contributed by atoms with van der Waals surface area (Å²) in [4.78, 5) is 2.41. The summed E-state index contributed by atoms with van der Waals surface area (Å²) < 4.78 is 1.80. The van der Waals surface area contributed by atoms with Crippen LogP contribution >= 0.6 is 12.4 Å². The van der Waals surface area contributed by atoms with Gasteiger partial charge >= 0.3 is 0 Å². The van der Waals surface area contributed by atoms with Gasteiger partial charge in [0.1, 0.15) is 5.52 Å². The fourth-order valence-corrected chi connectivity index (χ4v) is 2.67. The van der Waals surface area contributed by atoms with Crippen LogP contribution in [0.3, 0.4) is 0 Å². The maximum absolute atomic E-state index is 6.05. The Morgan fingerprint density at radius 1 is 1.37 bits per heavy atom. The second-order valence-electron chi connectivity index (χ2n) is 5.37. The molecule has 1 aromatic carbocycles. The molecule has 2 aromatic rings. The molecule has 3 rings (SSSR count). The Hall–Kier alpha value is -1.17. The third-order valence-corrected chi connectivity index (χ3v) is 3.83. The molecule has 0 bridgehead atoms. The number of rotatable bonds is 2. The third-order valence-electron chi connectivity index (χ3n) is 3.83. The van der Waals surface area contributed by atoms with E-state index in [1.807, 2.05) is 7.05 Å². The Labute approximate surface area is 119 Å². The normalized spacial score (nSPS) is 23.7. The molecule has 2 N–H and O–H groups in total. The predicted molar refractivity (Wildman–Crippen MR) is 78.2 cm³/mol. The molecule has 2 atom stereocenters. The average Bonchev–Trinajstić information content (AvgIpc) is 2.84. The van der Waals surface area contributed by atoms with Crippen molar-refractivity contribution in [2.45, 2.75) is 19.5 Å². The van der Waals surface area contributed by atoms with E-state index in [-0.39, 0.29) is 12.4 Å². The van der Waals surface area contributed by atoms with Crippen LogP contribution in [0.25, 0.3) is 11.0 Å². The Balaban J connectivity index is 0.00000133. The van der Waals surface area contributed by atoms with Crippen molar-refractivity contribution in [1.82, 2.24) is 19.9 Å². The van der Waals surface area contributed by atoms with Crippen molar-refractivity contribution in [3.63, 3.8) is 0 Å². The zero-order chi connectivity index (χ0) is 12.7. The van der Waals surface area contributed by atoms with Crippen LogP contribution in [0.15, 0.2) is 18.2 Å². The monoisotopic (exact) mass is 281 g/mol. The van der Waals surface area contributed by atoms with Gasteiger partial charge in [-0.25, -0.2) is 4.68 Å². The molecule has 5 nitrogen and oxygen atoms in total. The summed E-state index contributed by atoms with van der Waals surface area (Å²) in [6, 6.07) is 6.67. The van der Waals surface area contributed by atoms with Crippen LogP contribution in [-0.4, -0.2) is 39.0 Å². The average molecular weight is 282 g/mol. The molecule has 0 spiro atoms. The van der Waals surface area contributed by atoms with Crippen molar-refractivity contribution in [3.8, 4) is 0 Å². The van der Waals surface area contributed by atoms with Gasteiger partial charge in [0.2, 0.25) is 0 Å². The Morgan fingerprint density at radius 3 is 2.84 bits per heavy atom. The second-order valence-corrected chi connectivity index (χ2v) is 5.37. The van der Waals surface area contributed by atoms with Crippen LogP contribution in [0.5, 0.6) is 0 Å². The molecule has 1 fully saturated rings. The minimum Gasteiger partial charge on any atom is -0.326 e. The molecule has 6 heteroatoms. The lowest BCUT2D eigenvalue weighted by atomic mass is 10.1. The summed E-state index contributed by atoms with van der Waals surface area (Å²) in [5.41, 5.74) is 9.37. The molecule has 0 saturated carbocycles. The minimum absolute atomic E-state index is 0. The molecule has 1 aliphatic rings. The second kappa shape index (κ2) is 5.45. The maximum atomic E-state index is 6.05. The van der Waals surface area contributed by atoms with Crippen molar-refractivity contribution >= 4 is 23.4 Å². The van der Waals surface area contributed by atoms with Gasteiger partial charge in [-0.05, 0) is 23.6 Å². The predicted octanol–water partition coefficient (Wildman–Crippen LogP) is 1.17. The highest BCUT2D eigenvalue weighted by molar-refractivity contribution is 5.85. The fraction of sp³-hybridized carbons (Fsp3) is 0.538. The van der Waals surface area contributed by atoms with E-state index < -0.39 is 0 Å². The maximum Gasteiger partial charge on any atom is 0.113 e. The van der Waals surface area contributed by atoms with Crippen molar-refractivity contribution < 1.29 is 0 Å². The van der Waals surface area contributed by atoms with Crippen molar-refractivity contribution in [1.29, 1.82) is 0 Å². The van der Waals surface area contributed by atoms with E-state index >= 15 is 0 Å². The molecular formula is C13H20ClN5. The topological polar surface area (TPSA) is 60.0 Å². The number of nitrogens with zero attached hydrogens (tertiary/aromatic N) is 4. The van der Waals surface area contributed by atoms with E-state index in [0.717, 1.165) is 30.7 Å². The molecule has 2 heterocycles. The Morgan fingerprint density at radius 2 is 2.16 bits per heavy atom. The van der Waals surface area contributed by atoms with Gasteiger partial charge < -0.3 is 5.73 Å². The SMILES string of the molecule is CC1CN(Cc2ccc3c(c2)nnn3C)CC1N.Cl. The van der Waals surface area contributed by atoms with E-state index in [1.165, 1.54) is 5.56 Å². The van der Waals surface area contributed by atoms with Gasteiger partial charge in [0.15, 0.2) is 0 Å². The first-order valence-corrected chi connectivity index (χ1v) is 6.40. The molecular weight excluding hydrogens is 262 g/mol. The molecule has 1 saturated heterocycles. The van der Waals surface area contributed by atoms with E-state index in [0.29, 0.717) is 12.0 Å². The number of benzene rings is 1. The van der Waals surface area contributed by atoms with Crippen LogP contribution in [-0.2, 0) is 13.6 Å². The number of hydrogen-bond acceptors (Lipinski definition) is 4. The summed E-state index contributed by atoms with van der Waals surface area (Å²) in [6.45, 7) is 5.24. The van der Waals surface area contributed by atoms with Gasteiger partial charge in [0.25, 0.3) is 0 Å². The zero-order valence-corrected chi connectivity index (χ0v) is 12.1. The van der Waals surface area contributed by atoms with Crippen LogP contribution in [0, 0.1) is 5.92 Å². The number of halogens is 1. The van der Waals surface area contributed by atoms with Gasteiger partial charge in [-0.15, -0.1) is 17.5 Å². The molecule has 104 valence electrons. The lowest BCUT2D eigenvalue weighted by molar-refractivity contribution is 0.319. The van der Waals surface area contributed by atoms with E-state index in [2.05, 4.69) is 40.3 Å². The van der Waals surface area contributed by atoms with Crippen LogP contribution in [0.4, 0.5) is 0 Å². The van der Waals surface area contributed by atoms with Gasteiger partial charge in [-0.1, -0.05) is 18.2 Å². The smallest absolute Gasteiger partial charge is 0.113 e. The molecule has 0 aliphatic carbocycles. The summed E-state index contributed by atoms with van der Waals surface area (Å²) in [6.07, 6.45) is 0. The molecule has 0 amide bonds. The zero-order valence-electron chi connectivity index (χ0n) is 11.3. The van der Waals surface area contributed by atoms with Crippen molar-refractivity contribution in [2.24, 2.45) is 18.7 Å². The molecule has 2 unspecified atom stereocenters. The quantitative estimate of drug-likeness (QED) is 0.898. The lowest BCUT2D eigenvalue weighted by Gasteiger charge is -2.15. The third kappa shape index (κ3) is 2.73. The highest BCUT2D eigenvalue weighted by atomic mass is 35.5. The van der Waals surface area contributed by atoms with Crippen LogP contribution in [0.1, 0.15) is 12.5 Å². The van der Waals surface area contributed by atoms with E-state index in [1.54, 1.807) is 4.68 Å². The first-order valence-electron chi connectivity index (χ1n) is 6.40. The number of hydrogen-bond donors (Lipinski definition) is 1. The Kier molecular flexibility index (Phi) is 4.08.